The summed E-state index contributed by atoms with van der Waals surface area (Å²) in [5, 5.41) is 4.85. The number of hydrogen-bond acceptors (Lipinski definition) is 7. The maximum Gasteiger partial charge on any atom is 0.345 e. The average molecular weight is 519 g/mol. The monoisotopic (exact) mass is 518 g/mol. The van der Waals surface area contributed by atoms with Gasteiger partial charge in [0, 0.05) is 37.4 Å². The van der Waals surface area contributed by atoms with Gasteiger partial charge in [-0.1, -0.05) is 0 Å². The number of fused-ring (bicyclic) bond motifs is 3. The van der Waals surface area contributed by atoms with Crippen molar-refractivity contribution in [2.24, 2.45) is 5.92 Å². The van der Waals surface area contributed by atoms with Crippen LogP contribution in [0.1, 0.15) is 31.5 Å². The molecule has 1 aliphatic carbocycles. The molecule has 0 bridgehead atoms. The first-order chi connectivity index (χ1) is 17.8. The summed E-state index contributed by atoms with van der Waals surface area (Å²) >= 11 is 0. The van der Waals surface area contributed by atoms with Gasteiger partial charge < -0.3 is 20.1 Å². The molecule has 9 nitrogen and oxygen atoms in total. The highest BCUT2D eigenvalue weighted by molar-refractivity contribution is 5.93. The molecule has 0 radical (unpaired) electrons. The van der Waals surface area contributed by atoms with Gasteiger partial charge in [-0.2, -0.15) is 13.3 Å². The second kappa shape index (κ2) is 13.3. The van der Waals surface area contributed by atoms with E-state index in [4.69, 9.17) is 10.5 Å². The average Bonchev–Trinajstić information content (AvgIpc) is 3.31. The van der Waals surface area contributed by atoms with Crippen LogP contribution in [0.2, 0.25) is 0 Å². The van der Waals surface area contributed by atoms with Gasteiger partial charge in [0.15, 0.2) is 23.0 Å². The number of methoxy groups -OCH3 is 1. The molecule has 198 valence electrons. The Kier molecular flexibility index (Phi) is 10.5. The number of nitrogens with zero attached hydrogens (tertiary/aromatic N) is 5. The van der Waals surface area contributed by atoms with E-state index in [1.54, 1.807) is 11.9 Å². The number of alkyl halides is 2. The topological polar surface area (TPSA) is 108 Å². The molecule has 4 rings (SSSR count). The van der Waals surface area contributed by atoms with Gasteiger partial charge in [0.05, 0.1) is 18.7 Å². The predicted molar refractivity (Wildman–Crippen MR) is 133 cm³/mol. The first kappa shape index (κ1) is 29.2. The van der Waals surface area contributed by atoms with E-state index >= 15 is 0 Å². The molecule has 0 unspecified atom stereocenters. The second-order valence-corrected chi connectivity index (χ2v) is 8.14. The lowest BCUT2D eigenvalue weighted by Gasteiger charge is -2.36. The lowest BCUT2D eigenvalue weighted by atomic mass is 9.81. The minimum atomic E-state index is -2.80. The number of unbranched alkanes of at least 4 members (excludes halogenated alkanes) is 1. The molecule has 37 heavy (non-hydrogen) atoms. The molecule has 2 aromatic heterocycles. The Hall–Kier alpha value is -4.03. The van der Waals surface area contributed by atoms with E-state index in [1.165, 1.54) is 23.8 Å². The third kappa shape index (κ3) is 6.80. The first-order valence-corrected chi connectivity index (χ1v) is 11.3. The Morgan fingerprint density at radius 3 is 2.51 bits per heavy atom. The maximum absolute atomic E-state index is 14.2. The Bertz CT molecular complexity index is 1250. The largest absolute Gasteiger partial charge is 0.494 e. The van der Waals surface area contributed by atoms with Gasteiger partial charge in [-0.05, 0) is 31.7 Å². The second-order valence-electron chi connectivity index (χ2n) is 8.14. The molecule has 2 N–H and O–H groups in total. The molecule has 1 aromatic carbocycles. The lowest BCUT2D eigenvalue weighted by molar-refractivity contribution is -0.194. The fourth-order valence-corrected chi connectivity index (χ4v) is 4.01. The SMILES string of the molecule is C#C.C#C.COc1cc2nc(N)n3nc(CCCCN(C)C(=O)C4CC(OC(F)F)C4)nc3c2cc1F. The van der Waals surface area contributed by atoms with Crippen LogP contribution in [-0.4, -0.2) is 63.8 Å². The van der Waals surface area contributed by atoms with Crippen LogP contribution >= 0.6 is 0 Å². The van der Waals surface area contributed by atoms with E-state index in [9.17, 15) is 18.0 Å². The Balaban J connectivity index is 0.00000115. The Morgan fingerprint density at radius 2 is 1.89 bits per heavy atom. The minimum absolute atomic E-state index is 0.0576. The van der Waals surface area contributed by atoms with E-state index in [0.29, 0.717) is 61.0 Å². The molecule has 0 atom stereocenters. The van der Waals surface area contributed by atoms with Crippen molar-refractivity contribution in [3.8, 4) is 31.4 Å². The summed E-state index contributed by atoms with van der Waals surface area (Å²) in [5.74, 6) is -0.123. The molecule has 1 amide bonds. The van der Waals surface area contributed by atoms with Crippen LogP contribution < -0.4 is 10.5 Å². The predicted octanol–water partition coefficient (Wildman–Crippen LogP) is 3.31. The van der Waals surface area contributed by atoms with Crippen LogP contribution in [0.4, 0.5) is 19.1 Å². The molecule has 2 heterocycles. The van der Waals surface area contributed by atoms with Gasteiger partial charge in [-0.15, -0.1) is 30.8 Å². The number of terminal acetylenes is 2. The van der Waals surface area contributed by atoms with Crippen molar-refractivity contribution in [2.75, 3.05) is 26.4 Å². The van der Waals surface area contributed by atoms with Crippen molar-refractivity contribution in [3.05, 3.63) is 23.8 Å². The number of benzene rings is 1. The van der Waals surface area contributed by atoms with Gasteiger partial charge in [-0.3, -0.25) is 4.79 Å². The zero-order chi connectivity index (χ0) is 27.7. The third-order valence-electron chi connectivity index (χ3n) is 5.87. The van der Waals surface area contributed by atoms with Crippen LogP contribution in [-0.2, 0) is 16.0 Å². The van der Waals surface area contributed by atoms with Gasteiger partial charge in [0.2, 0.25) is 11.9 Å². The Labute approximate surface area is 213 Å². The van der Waals surface area contributed by atoms with Crippen molar-refractivity contribution < 1.29 is 27.4 Å². The zero-order valence-corrected chi connectivity index (χ0v) is 20.6. The van der Waals surface area contributed by atoms with Crippen molar-refractivity contribution >= 4 is 28.4 Å². The molecule has 12 heteroatoms. The molecule has 3 aromatic rings. The van der Waals surface area contributed by atoms with E-state index < -0.39 is 18.5 Å². The third-order valence-corrected chi connectivity index (χ3v) is 5.87. The molecule has 0 spiro atoms. The molecule has 0 saturated heterocycles. The fraction of sp³-hybridized carbons (Fsp3) is 0.440. The van der Waals surface area contributed by atoms with Gasteiger partial charge in [-0.25, -0.2) is 14.4 Å². The van der Waals surface area contributed by atoms with Gasteiger partial charge in [0.25, 0.3) is 0 Å². The highest BCUT2D eigenvalue weighted by Gasteiger charge is 2.38. The number of rotatable bonds is 9. The number of hydrogen-bond donors (Lipinski definition) is 1. The number of carbonyl (C=O) groups is 1. The van der Waals surface area contributed by atoms with E-state index in [2.05, 4.69) is 45.5 Å². The van der Waals surface area contributed by atoms with Crippen molar-refractivity contribution in [2.45, 2.75) is 44.8 Å². The molecule has 1 fully saturated rings. The first-order valence-electron chi connectivity index (χ1n) is 11.3. The normalized spacial score (nSPS) is 16.3. The smallest absolute Gasteiger partial charge is 0.345 e. The van der Waals surface area contributed by atoms with Crippen LogP contribution in [0.15, 0.2) is 12.1 Å². The summed E-state index contributed by atoms with van der Waals surface area (Å²) in [4.78, 5) is 22.7. The van der Waals surface area contributed by atoms with Crippen LogP contribution in [0.25, 0.3) is 16.6 Å². The van der Waals surface area contributed by atoms with Gasteiger partial charge in [0.1, 0.15) is 0 Å². The van der Waals surface area contributed by atoms with Crippen molar-refractivity contribution in [3.63, 3.8) is 0 Å². The number of amides is 1. The molecule has 0 aliphatic heterocycles. The number of carbonyl (C=O) groups excluding carboxylic acids is 1. The molecular weight excluding hydrogens is 489 g/mol. The van der Waals surface area contributed by atoms with E-state index in [0.717, 1.165) is 0 Å². The number of ether oxygens (including phenoxy) is 2. The Morgan fingerprint density at radius 1 is 1.22 bits per heavy atom. The fourth-order valence-electron chi connectivity index (χ4n) is 4.01. The van der Waals surface area contributed by atoms with Gasteiger partial charge >= 0.3 is 6.61 Å². The summed E-state index contributed by atoms with van der Waals surface area (Å²) in [7, 11) is 3.07. The summed E-state index contributed by atoms with van der Waals surface area (Å²) in [6.45, 7) is -2.27. The minimum Gasteiger partial charge on any atom is -0.494 e. The number of anilines is 1. The molecule has 1 aliphatic rings. The number of halogens is 3. The number of aryl methyl sites for hydroxylation is 1. The van der Waals surface area contributed by atoms with Crippen molar-refractivity contribution in [1.82, 2.24) is 24.5 Å². The summed E-state index contributed by atoms with van der Waals surface area (Å²) in [6, 6.07) is 2.76. The zero-order valence-electron chi connectivity index (χ0n) is 20.6. The lowest BCUT2D eigenvalue weighted by Crippen LogP contribution is -2.43. The highest BCUT2D eigenvalue weighted by atomic mass is 19.3. The van der Waals surface area contributed by atoms with E-state index in [-0.39, 0.29) is 23.5 Å². The summed E-state index contributed by atoms with van der Waals surface area (Å²) in [6.07, 6.45) is 18.1. The quantitative estimate of drug-likeness (QED) is 0.342. The highest BCUT2D eigenvalue weighted by Crippen LogP contribution is 2.32. The number of nitrogen functional groups attached to an aromatic ring is 1. The number of nitrogens with two attached hydrogens (primary N) is 1. The number of aromatic nitrogens is 4. The maximum atomic E-state index is 14.2. The molecular formula is C25H29F3N6O3. The standard InChI is InChI=1S/C21H25F3N6O3.2C2H2/c1-29(19(31)11-7-12(8-11)33-20(23)24)6-4-3-5-17-27-18-13-9-14(22)16(32-2)10-15(13)26-21(25)30(18)28-17;2*1-2/h9-12,20H,3-8H2,1-2H3,(H2,25,26);2*1-2H. The van der Waals surface area contributed by atoms with Crippen LogP contribution in [0.3, 0.4) is 0 Å². The van der Waals surface area contributed by atoms with Crippen molar-refractivity contribution in [1.29, 1.82) is 0 Å². The molecule has 1 saturated carbocycles. The summed E-state index contributed by atoms with van der Waals surface area (Å²) < 4.78 is 49.4. The van der Waals surface area contributed by atoms with Crippen LogP contribution in [0.5, 0.6) is 5.75 Å². The summed E-state index contributed by atoms with van der Waals surface area (Å²) in [5.41, 5.74) is 6.86. The van der Waals surface area contributed by atoms with E-state index in [1.807, 2.05) is 0 Å². The van der Waals surface area contributed by atoms with Crippen LogP contribution in [0, 0.1) is 37.4 Å².